The summed E-state index contributed by atoms with van der Waals surface area (Å²) in [6.07, 6.45) is 6.61. The molecule has 1 heterocycles. The number of likely N-dealkylation sites (tertiary alicyclic amines) is 1. The van der Waals surface area contributed by atoms with E-state index in [1.165, 1.54) is 0 Å². The average Bonchev–Trinajstić information content (AvgIpc) is 2.85. The Bertz CT molecular complexity index is 309. The zero-order valence-electron chi connectivity index (χ0n) is 12.0. The lowest BCUT2D eigenvalue weighted by Crippen LogP contribution is -2.46. The van der Waals surface area contributed by atoms with E-state index in [9.17, 15) is 15.0 Å². The Morgan fingerprint density at radius 1 is 1.16 bits per heavy atom. The summed E-state index contributed by atoms with van der Waals surface area (Å²) >= 11 is 0. The van der Waals surface area contributed by atoms with E-state index in [0.717, 1.165) is 58.0 Å². The van der Waals surface area contributed by atoms with Crippen molar-refractivity contribution in [1.29, 1.82) is 0 Å². The molecule has 0 radical (unpaired) electrons. The molecule has 1 saturated heterocycles. The molecule has 1 saturated carbocycles. The molecule has 1 aliphatic heterocycles. The minimum absolute atomic E-state index is 0.0149. The summed E-state index contributed by atoms with van der Waals surface area (Å²) in [5.41, 5.74) is -0.728. The average molecular weight is 269 g/mol. The third-order valence-corrected chi connectivity index (χ3v) is 5.28. The summed E-state index contributed by atoms with van der Waals surface area (Å²) in [4.78, 5) is 14.1. The minimum Gasteiger partial charge on any atom is -0.396 e. The van der Waals surface area contributed by atoms with Gasteiger partial charge in [-0.05, 0) is 37.5 Å². The molecule has 2 fully saturated rings. The number of aliphatic hydroxyl groups is 2. The van der Waals surface area contributed by atoms with Crippen LogP contribution in [-0.4, -0.2) is 46.3 Å². The molecule has 0 aromatic rings. The SMILES string of the molecule is CCC1(CO)CCN(C(=O)CC2(O)CCCC2)CC1. The molecular weight excluding hydrogens is 242 g/mol. The predicted molar refractivity (Wildman–Crippen MR) is 73.7 cm³/mol. The third kappa shape index (κ3) is 3.29. The third-order valence-electron chi connectivity index (χ3n) is 5.28. The van der Waals surface area contributed by atoms with E-state index in [0.29, 0.717) is 0 Å². The van der Waals surface area contributed by atoms with Gasteiger partial charge in [-0.3, -0.25) is 4.79 Å². The molecule has 0 spiro atoms. The van der Waals surface area contributed by atoms with Crippen LogP contribution in [0.1, 0.15) is 58.3 Å². The van der Waals surface area contributed by atoms with E-state index in [1.54, 1.807) is 0 Å². The van der Waals surface area contributed by atoms with E-state index in [2.05, 4.69) is 6.92 Å². The summed E-state index contributed by atoms with van der Waals surface area (Å²) in [6.45, 7) is 3.77. The van der Waals surface area contributed by atoms with Crippen LogP contribution in [0.15, 0.2) is 0 Å². The number of nitrogens with zero attached hydrogens (tertiary/aromatic N) is 1. The molecule has 1 aliphatic carbocycles. The molecule has 0 bridgehead atoms. The van der Waals surface area contributed by atoms with Crippen LogP contribution in [0.3, 0.4) is 0 Å². The van der Waals surface area contributed by atoms with Crippen molar-refractivity contribution in [3.05, 3.63) is 0 Å². The monoisotopic (exact) mass is 269 g/mol. The molecule has 4 nitrogen and oxygen atoms in total. The van der Waals surface area contributed by atoms with Crippen LogP contribution in [0.5, 0.6) is 0 Å². The first kappa shape index (κ1) is 14.8. The maximum Gasteiger partial charge on any atom is 0.225 e. The Balaban J connectivity index is 1.85. The van der Waals surface area contributed by atoms with Crippen molar-refractivity contribution in [2.24, 2.45) is 5.41 Å². The molecule has 4 heteroatoms. The molecule has 110 valence electrons. The van der Waals surface area contributed by atoms with Gasteiger partial charge in [-0.15, -0.1) is 0 Å². The van der Waals surface area contributed by atoms with Gasteiger partial charge in [-0.2, -0.15) is 0 Å². The summed E-state index contributed by atoms with van der Waals surface area (Å²) in [5.74, 6) is 0.0899. The lowest BCUT2D eigenvalue weighted by molar-refractivity contribution is -0.139. The molecule has 2 aliphatic rings. The number of amides is 1. The van der Waals surface area contributed by atoms with Gasteiger partial charge in [0, 0.05) is 19.7 Å². The molecule has 1 amide bonds. The first-order chi connectivity index (χ1) is 9.02. The van der Waals surface area contributed by atoms with E-state index < -0.39 is 5.60 Å². The van der Waals surface area contributed by atoms with E-state index in [4.69, 9.17) is 0 Å². The Kier molecular flexibility index (Phi) is 4.51. The predicted octanol–water partition coefficient (Wildman–Crippen LogP) is 1.69. The summed E-state index contributed by atoms with van der Waals surface area (Å²) in [6, 6.07) is 0. The van der Waals surface area contributed by atoms with Crippen LogP contribution < -0.4 is 0 Å². The Morgan fingerprint density at radius 3 is 2.21 bits per heavy atom. The van der Waals surface area contributed by atoms with E-state index >= 15 is 0 Å². The van der Waals surface area contributed by atoms with Crippen LogP contribution in [0.25, 0.3) is 0 Å². The van der Waals surface area contributed by atoms with Gasteiger partial charge in [0.2, 0.25) is 5.91 Å². The second-order valence-electron chi connectivity index (χ2n) is 6.50. The van der Waals surface area contributed by atoms with Gasteiger partial charge >= 0.3 is 0 Å². The van der Waals surface area contributed by atoms with Crippen LogP contribution >= 0.6 is 0 Å². The zero-order valence-corrected chi connectivity index (χ0v) is 12.0. The van der Waals surface area contributed by atoms with Crippen molar-refractivity contribution in [3.8, 4) is 0 Å². The number of aliphatic hydroxyl groups excluding tert-OH is 1. The van der Waals surface area contributed by atoms with Gasteiger partial charge in [0.25, 0.3) is 0 Å². The standard InChI is InChI=1S/C15H27NO3/c1-2-14(12-17)7-9-16(10-8-14)13(18)11-15(19)5-3-4-6-15/h17,19H,2-12H2,1H3. The van der Waals surface area contributed by atoms with E-state index in [-0.39, 0.29) is 24.3 Å². The van der Waals surface area contributed by atoms with Gasteiger partial charge in [0.05, 0.1) is 12.0 Å². The fourth-order valence-corrected chi connectivity index (χ4v) is 3.46. The van der Waals surface area contributed by atoms with Crippen molar-refractivity contribution >= 4 is 5.91 Å². The molecule has 19 heavy (non-hydrogen) atoms. The van der Waals surface area contributed by atoms with Crippen molar-refractivity contribution in [2.45, 2.75) is 63.9 Å². The van der Waals surface area contributed by atoms with Crippen LogP contribution in [0.2, 0.25) is 0 Å². The molecule has 0 atom stereocenters. The highest BCUT2D eigenvalue weighted by molar-refractivity contribution is 5.77. The highest BCUT2D eigenvalue weighted by Gasteiger charge is 2.38. The largest absolute Gasteiger partial charge is 0.396 e. The normalized spacial score (nSPS) is 25.5. The second-order valence-corrected chi connectivity index (χ2v) is 6.50. The number of piperidine rings is 1. The summed E-state index contributed by atoms with van der Waals surface area (Å²) in [5, 5.41) is 19.8. The summed E-state index contributed by atoms with van der Waals surface area (Å²) in [7, 11) is 0. The second kappa shape index (κ2) is 5.80. The first-order valence-electron chi connectivity index (χ1n) is 7.64. The van der Waals surface area contributed by atoms with Crippen LogP contribution in [-0.2, 0) is 4.79 Å². The molecular formula is C15H27NO3. The number of hydrogen-bond donors (Lipinski definition) is 2. The molecule has 2 rings (SSSR count). The molecule has 0 aromatic heterocycles. The van der Waals surface area contributed by atoms with Crippen molar-refractivity contribution in [3.63, 3.8) is 0 Å². The highest BCUT2D eigenvalue weighted by atomic mass is 16.3. The first-order valence-corrected chi connectivity index (χ1v) is 7.64. The fraction of sp³-hybridized carbons (Fsp3) is 0.933. The zero-order chi connectivity index (χ0) is 13.9. The Labute approximate surface area is 115 Å². The van der Waals surface area contributed by atoms with Crippen molar-refractivity contribution in [2.75, 3.05) is 19.7 Å². The maximum atomic E-state index is 12.3. The lowest BCUT2D eigenvalue weighted by atomic mass is 9.77. The topological polar surface area (TPSA) is 60.8 Å². The van der Waals surface area contributed by atoms with Gasteiger partial charge < -0.3 is 15.1 Å². The smallest absolute Gasteiger partial charge is 0.225 e. The van der Waals surface area contributed by atoms with Gasteiger partial charge in [0.1, 0.15) is 0 Å². The quantitative estimate of drug-likeness (QED) is 0.816. The lowest BCUT2D eigenvalue weighted by Gasteiger charge is -2.41. The maximum absolute atomic E-state index is 12.3. The van der Waals surface area contributed by atoms with E-state index in [1.807, 2.05) is 4.90 Å². The molecule has 0 aromatic carbocycles. The molecule has 2 N–H and O–H groups in total. The number of rotatable bonds is 4. The Morgan fingerprint density at radius 2 is 1.74 bits per heavy atom. The van der Waals surface area contributed by atoms with Gasteiger partial charge in [0.15, 0.2) is 0 Å². The number of hydrogen-bond acceptors (Lipinski definition) is 3. The fourth-order valence-electron chi connectivity index (χ4n) is 3.46. The molecule has 0 unspecified atom stereocenters. The van der Waals surface area contributed by atoms with Gasteiger partial charge in [-0.25, -0.2) is 0 Å². The highest BCUT2D eigenvalue weighted by Crippen LogP contribution is 2.36. The Hall–Kier alpha value is -0.610. The van der Waals surface area contributed by atoms with Crippen LogP contribution in [0, 0.1) is 5.41 Å². The number of carbonyl (C=O) groups excluding carboxylic acids is 1. The minimum atomic E-state index is -0.743. The number of carbonyl (C=O) groups is 1. The summed E-state index contributed by atoms with van der Waals surface area (Å²) < 4.78 is 0. The van der Waals surface area contributed by atoms with Gasteiger partial charge in [-0.1, -0.05) is 19.8 Å². The van der Waals surface area contributed by atoms with Crippen molar-refractivity contribution < 1.29 is 15.0 Å². The van der Waals surface area contributed by atoms with Crippen LogP contribution in [0.4, 0.5) is 0 Å². The van der Waals surface area contributed by atoms with Crippen molar-refractivity contribution in [1.82, 2.24) is 4.90 Å².